The summed E-state index contributed by atoms with van der Waals surface area (Å²) >= 11 is 0. The molecule has 112 valence electrons. The molecule has 1 saturated carbocycles. The smallest absolute Gasteiger partial charge is 0.0746 e. The fourth-order valence-corrected chi connectivity index (χ4v) is 4.02. The topological polar surface area (TPSA) is 43.7 Å². The van der Waals surface area contributed by atoms with Gasteiger partial charge in [0, 0.05) is 13.1 Å². The summed E-state index contributed by atoms with van der Waals surface area (Å²) in [5, 5.41) is 20.4. The third-order valence-electron chi connectivity index (χ3n) is 4.99. The van der Waals surface area contributed by atoms with Gasteiger partial charge in [-0.15, -0.1) is 0 Å². The number of likely N-dealkylation sites (tertiary alicyclic amines) is 1. The van der Waals surface area contributed by atoms with Crippen LogP contribution in [-0.2, 0) is 0 Å². The minimum atomic E-state index is -0.527. The first kappa shape index (κ1) is 15.3. The summed E-state index contributed by atoms with van der Waals surface area (Å²) in [6, 6.07) is 0. The van der Waals surface area contributed by atoms with Gasteiger partial charge >= 0.3 is 0 Å². The van der Waals surface area contributed by atoms with Crippen LogP contribution < -0.4 is 0 Å². The lowest BCUT2D eigenvalue weighted by molar-refractivity contribution is -0.0373. The molecule has 2 N–H and O–H groups in total. The largest absolute Gasteiger partial charge is 0.393 e. The molecule has 3 nitrogen and oxygen atoms in total. The monoisotopic (exact) mass is 269 g/mol. The molecule has 0 aromatic heterocycles. The van der Waals surface area contributed by atoms with E-state index in [4.69, 9.17) is 0 Å². The molecule has 0 radical (unpaired) electrons. The molecule has 0 bridgehead atoms. The van der Waals surface area contributed by atoms with Gasteiger partial charge in [0.2, 0.25) is 0 Å². The molecule has 1 aliphatic carbocycles. The Hall–Kier alpha value is -0.120. The van der Waals surface area contributed by atoms with Gasteiger partial charge in [-0.3, -0.25) is 0 Å². The van der Waals surface area contributed by atoms with Gasteiger partial charge in [-0.2, -0.15) is 0 Å². The third kappa shape index (κ3) is 4.44. The van der Waals surface area contributed by atoms with Crippen molar-refractivity contribution >= 4 is 0 Å². The summed E-state index contributed by atoms with van der Waals surface area (Å²) < 4.78 is 0. The Morgan fingerprint density at radius 3 is 2.79 bits per heavy atom. The van der Waals surface area contributed by atoms with Gasteiger partial charge in [-0.05, 0) is 57.4 Å². The normalized spacial score (nSPS) is 41.4. The number of aliphatic hydroxyl groups excluding tert-OH is 1. The van der Waals surface area contributed by atoms with Crippen LogP contribution >= 0.6 is 0 Å². The van der Waals surface area contributed by atoms with E-state index in [-0.39, 0.29) is 6.10 Å². The first-order chi connectivity index (χ1) is 9.00. The summed E-state index contributed by atoms with van der Waals surface area (Å²) in [5.41, 5.74) is -0.527. The van der Waals surface area contributed by atoms with Gasteiger partial charge in [-0.1, -0.05) is 19.8 Å². The molecular weight excluding hydrogens is 238 g/mol. The van der Waals surface area contributed by atoms with Gasteiger partial charge in [0.25, 0.3) is 0 Å². The molecule has 2 rings (SSSR count). The van der Waals surface area contributed by atoms with E-state index in [0.29, 0.717) is 5.92 Å². The van der Waals surface area contributed by atoms with E-state index in [9.17, 15) is 10.2 Å². The summed E-state index contributed by atoms with van der Waals surface area (Å²) in [6.07, 6.45) is 7.77. The molecule has 3 heteroatoms. The van der Waals surface area contributed by atoms with Gasteiger partial charge in [0.1, 0.15) is 0 Å². The molecular formula is C16H31NO2. The number of aliphatic hydroxyl groups is 2. The van der Waals surface area contributed by atoms with Crippen molar-refractivity contribution in [3.05, 3.63) is 0 Å². The minimum Gasteiger partial charge on any atom is -0.393 e. The molecule has 4 atom stereocenters. The Balaban J connectivity index is 1.85. The average molecular weight is 269 g/mol. The van der Waals surface area contributed by atoms with Crippen LogP contribution in [0.5, 0.6) is 0 Å². The molecule has 1 aliphatic heterocycles. The van der Waals surface area contributed by atoms with Crippen LogP contribution in [0.4, 0.5) is 0 Å². The van der Waals surface area contributed by atoms with Crippen molar-refractivity contribution in [1.29, 1.82) is 0 Å². The second kappa shape index (κ2) is 6.55. The predicted octanol–water partition coefficient (Wildman–Crippen LogP) is 2.41. The Morgan fingerprint density at radius 2 is 2.11 bits per heavy atom. The lowest BCUT2D eigenvalue weighted by Gasteiger charge is -2.41. The van der Waals surface area contributed by atoms with E-state index in [1.807, 2.05) is 6.92 Å². The van der Waals surface area contributed by atoms with E-state index < -0.39 is 5.60 Å². The number of hydrogen-bond acceptors (Lipinski definition) is 3. The fourth-order valence-electron chi connectivity index (χ4n) is 4.02. The van der Waals surface area contributed by atoms with E-state index in [1.165, 1.54) is 25.7 Å². The summed E-state index contributed by atoms with van der Waals surface area (Å²) in [4.78, 5) is 2.37. The van der Waals surface area contributed by atoms with Gasteiger partial charge in [0.05, 0.1) is 11.7 Å². The highest BCUT2D eigenvalue weighted by Crippen LogP contribution is 2.33. The van der Waals surface area contributed by atoms with Gasteiger partial charge < -0.3 is 15.1 Å². The van der Waals surface area contributed by atoms with Crippen molar-refractivity contribution in [3.8, 4) is 0 Å². The van der Waals surface area contributed by atoms with Crippen LogP contribution in [-0.4, -0.2) is 46.5 Å². The molecule has 0 aromatic carbocycles. The minimum absolute atomic E-state index is 0.125. The SMILES string of the molecule is CCCC1CCC(O)C(CN2CCCC(C)(O)C2)C1. The van der Waals surface area contributed by atoms with E-state index in [2.05, 4.69) is 11.8 Å². The average Bonchev–Trinajstić information content (AvgIpc) is 2.32. The third-order valence-corrected chi connectivity index (χ3v) is 4.99. The maximum atomic E-state index is 10.2. The van der Waals surface area contributed by atoms with E-state index in [0.717, 1.165) is 44.8 Å². The van der Waals surface area contributed by atoms with Crippen molar-refractivity contribution in [2.24, 2.45) is 11.8 Å². The Bertz CT molecular complexity index is 280. The van der Waals surface area contributed by atoms with Crippen LogP contribution in [0.15, 0.2) is 0 Å². The van der Waals surface area contributed by atoms with Crippen LogP contribution in [0, 0.1) is 11.8 Å². The number of β-amino-alcohol motifs (C(OH)–C–C–N with tert-alkyl or cyclic N) is 1. The van der Waals surface area contributed by atoms with E-state index >= 15 is 0 Å². The summed E-state index contributed by atoms with van der Waals surface area (Å²) in [5.74, 6) is 1.22. The Labute approximate surface area is 118 Å². The molecule has 2 fully saturated rings. The molecule has 19 heavy (non-hydrogen) atoms. The highest BCUT2D eigenvalue weighted by atomic mass is 16.3. The second-order valence-corrected chi connectivity index (χ2v) is 7.13. The van der Waals surface area contributed by atoms with Crippen molar-refractivity contribution in [1.82, 2.24) is 4.90 Å². The van der Waals surface area contributed by atoms with Crippen LogP contribution in [0.3, 0.4) is 0 Å². The zero-order valence-corrected chi connectivity index (χ0v) is 12.6. The van der Waals surface area contributed by atoms with Gasteiger partial charge in [-0.25, -0.2) is 0 Å². The molecule has 0 amide bonds. The van der Waals surface area contributed by atoms with Crippen molar-refractivity contribution in [2.45, 2.75) is 70.5 Å². The fraction of sp³-hybridized carbons (Fsp3) is 1.00. The zero-order chi connectivity index (χ0) is 13.9. The number of rotatable bonds is 4. The molecule has 0 spiro atoms. The molecule has 1 saturated heterocycles. The molecule has 1 heterocycles. The first-order valence-corrected chi connectivity index (χ1v) is 8.13. The quantitative estimate of drug-likeness (QED) is 0.824. The van der Waals surface area contributed by atoms with Crippen molar-refractivity contribution in [3.63, 3.8) is 0 Å². The highest BCUT2D eigenvalue weighted by Gasteiger charge is 2.33. The number of nitrogens with zero attached hydrogens (tertiary/aromatic N) is 1. The lowest BCUT2D eigenvalue weighted by Crippen LogP contribution is -2.49. The predicted molar refractivity (Wildman–Crippen MR) is 78.0 cm³/mol. The number of piperidine rings is 1. The Kier molecular flexibility index (Phi) is 5.27. The summed E-state index contributed by atoms with van der Waals surface area (Å²) in [6.45, 7) is 7.02. The lowest BCUT2D eigenvalue weighted by atomic mass is 9.77. The Morgan fingerprint density at radius 1 is 1.32 bits per heavy atom. The highest BCUT2D eigenvalue weighted by molar-refractivity contribution is 4.87. The van der Waals surface area contributed by atoms with Crippen LogP contribution in [0.25, 0.3) is 0 Å². The first-order valence-electron chi connectivity index (χ1n) is 8.13. The van der Waals surface area contributed by atoms with Crippen LogP contribution in [0.1, 0.15) is 58.8 Å². The zero-order valence-electron chi connectivity index (χ0n) is 12.6. The maximum Gasteiger partial charge on any atom is 0.0746 e. The van der Waals surface area contributed by atoms with E-state index in [1.54, 1.807) is 0 Å². The van der Waals surface area contributed by atoms with Crippen molar-refractivity contribution in [2.75, 3.05) is 19.6 Å². The maximum absolute atomic E-state index is 10.2. The summed E-state index contributed by atoms with van der Waals surface area (Å²) in [7, 11) is 0. The standard InChI is InChI=1S/C16H31NO2/c1-3-5-13-6-7-15(18)14(10-13)11-17-9-4-8-16(2,19)12-17/h13-15,18-19H,3-12H2,1-2H3. The second-order valence-electron chi connectivity index (χ2n) is 7.13. The molecule has 4 unspecified atom stereocenters. The molecule has 2 aliphatic rings. The number of hydrogen-bond donors (Lipinski definition) is 2. The van der Waals surface area contributed by atoms with Gasteiger partial charge in [0.15, 0.2) is 0 Å². The van der Waals surface area contributed by atoms with Crippen LogP contribution in [0.2, 0.25) is 0 Å². The molecule has 0 aromatic rings. The van der Waals surface area contributed by atoms with Crippen molar-refractivity contribution < 1.29 is 10.2 Å².